The molecule has 6 nitrogen and oxygen atoms in total. The third kappa shape index (κ3) is 4.87. The van der Waals surface area contributed by atoms with Crippen LogP contribution in [0.4, 0.5) is 0 Å². The SMILES string of the molecule is COc1ccc([C@H](Cc2c(Cl)c[nH+]cc2Cl)OC(=O)C2CCC2)cc1OC.[OH-]. The third-order valence-corrected chi connectivity index (χ3v) is 5.54. The fourth-order valence-corrected chi connectivity index (χ4v) is 3.55. The van der Waals surface area contributed by atoms with Crippen LogP contribution in [-0.4, -0.2) is 25.7 Å². The highest BCUT2D eigenvalue weighted by atomic mass is 35.5. The smallest absolute Gasteiger partial charge is 0.309 e. The third-order valence-electron chi connectivity index (χ3n) is 4.86. The topological polar surface area (TPSA) is 88.9 Å². The van der Waals surface area contributed by atoms with Crippen molar-refractivity contribution in [3.8, 4) is 11.5 Å². The van der Waals surface area contributed by atoms with Crippen LogP contribution in [0.3, 0.4) is 0 Å². The van der Waals surface area contributed by atoms with Gasteiger partial charge >= 0.3 is 5.97 Å². The second kappa shape index (κ2) is 9.96. The number of carbonyl (C=O) groups excluding carboxylic acids is 1. The van der Waals surface area contributed by atoms with Crippen LogP contribution in [0.2, 0.25) is 10.0 Å². The number of esters is 1. The lowest BCUT2D eigenvalue weighted by atomic mass is 9.85. The van der Waals surface area contributed by atoms with E-state index in [1.165, 1.54) is 0 Å². The first kappa shape index (κ1) is 22.3. The zero-order chi connectivity index (χ0) is 19.4. The fraction of sp³-hybridized carbons (Fsp3) is 0.400. The molecule has 1 aromatic carbocycles. The number of hydrogen-bond acceptors (Lipinski definition) is 5. The van der Waals surface area contributed by atoms with Gasteiger partial charge in [-0.05, 0) is 30.5 Å². The number of H-pyrrole nitrogens is 1. The molecule has 1 fully saturated rings. The molecule has 0 aliphatic heterocycles. The van der Waals surface area contributed by atoms with Gasteiger partial charge in [0.05, 0.1) is 20.1 Å². The Hall–Kier alpha value is -2.02. The quantitative estimate of drug-likeness (QED) is 0.615. The average molecular weight is 428 g/mol. The molecule has 28 heavy (non-hydrogen) atoms. The minimum Gasteiger partial charge on any atom is -0.870 e. The van der Waals surface area contributed by atoms with E-state index in [0.29, 0.717) is 28.0 Å². The average Bonchev–Trinajstić information content (AvgIpc) is 2.61. The molecule has 2 N–H and O–H groups in total. The highest BCUT2D eigenvalue weighted by Crippen LogP contribution is 2.36. The Morgan fingerprint density at radius 2 is 1.79 bits per heavy atom. The maximum atomic E-state index is 12.5. The van der Waals surface area contributed by atoms with E-state index in [1.807, 2.05) is 12.1 Å². The zero-order valence-corrected chi connectivity index (χ0v) is 17.2. The first-order valence-electron chi connectivity index (χ1n) is 8.80. The van der Waals surface area contributed by atoms with E-state index in [4.69, 9.17) is 37.4 Å². The predicted octanol–water partition coefficient (Wildman–Crippen LogP) is 4.28. The number of methoxy groups -OCH3 is 2. The van der Waals surface area contributed by atoms with Crippen molar-refractivity contribution < 1.29 is 29.5 Å². The Morgan fingerprint density at radius 3 is 2.32 bits per heavy atom. The first-order valence-corrected chi connectivity index (χ1v) is 9.55. The van der Waals surface area contributed by atoms with Crippen molar-refractivity contribution in [2.45, 2.75) is 31.8 Å². The van der Waals surface area contributed by atoms with Crippen LogP contribution >= 0.6 is 23.2 Å². The van der Waals surface area contributed by atoms with Crippen molar-refractivity contribution in [1.82, 2.24) is 0 Å². The van der Waals surface area contributed by atoms with E-state index in [1.54, 1.807) is 32.7 Å². The Kier molecular flexibility index (Phi) is 7.92. The maximum Gasteiger partial charge on any atom is 0.309 e. The molecule has 0 spiro atoms. The molecule has 1 saturated carbocycles. The number of halogens is 2. The van der Waals surface area contributed by atoms with E-state index in [-0.39, 0.29) is 17.4 Å². The largest absolute Gasteiger partial charge is 0.870 e. The Morgan fingerprint density at radius 1 is 1.14 bits per heavy atom. The van der Waals surface area contributed by atoms with Crippen LogP contribution in [0.1, 0.15) is 36.5 Å². The standard InChI is InChI=1S/C20H21Cl2NO4.H2O/c1-25-17-7-6-13(8-19(17)26-2)18(27-20(24)12-4-3-5-12)9-14-15(21)10-23-11-16(14)22;/h6-8,10-12,18H,3-5,9H2,1-2H3;1H2/t18-;/m0./s1. The van der Waals surface area contributed by atoms with E-state index < -0.39 is 6.10 Å². The lowest BCUT2D eigenvalue weighted by molar-refractivity contribution is -0.377. The fourth-order valence-electron chi connectivity index (χ4n) is 3.02. The van der Waals surface area contributed by atoms with Gasteiger partial charge in [0.1, 0.15) is 16.1 Å². The first-order chi connectivity index (χ1) is 13.0. The number of pyridine rings is 1. The molecule has 3 rings (SSSR count). The molecule has 1 heterocycles. The molecule has 152 valence electrons. The van der Waals surface area contributed by atoms with Gasteiger partial charge in [-0.3, -0.25) is 4.79 Å². The number of hydrogen-bond donors (Lipinski definition) is 0. The number of nitrogens with one attached hydrogen (secondary N) is 1. The van der Waals surface area contributed by atoms with Gasteiger partial charge in [-0.2, -0.15) is 0 Å². The van der Waals surface area contributed by atoms with Crippen LogP contribution in [0, 0.1) is 5.92 Å². The Bertz CT molecular complexity index is 806. The molecule has 1 aliphatic carbocycles. The number of carbonyl (C=O) groups is 1. The summed E-state index contributed by atoms with van der Waals surface area (Å²) in [6.07, 6.45) is 5.95. The van der Waals surface area contributed by atoms with Gasteiger partial charge in [-0.25, -0.2) is 4.98 Å². The number of aromatic nitrogens is 1. The summed E-state index contributed by atoms with van der Waals surface area (Å²) in [5.41, 5.74) is 1.51. The van der Waals surface area contributed by atoms with Crippen molar-refractivity contribution in [2.75, 3.05) is 14.2 Å². The second-order valence-electron chi connectivity index (χ2n) is 6.50. The Balaban J connectivity index is 0.00000280. The zero-order valence-electron chi connectivity index (χ0n) is 15.7. The maximum absolute atomic E-state index is 12.5. The second-order valence-corrected chi connectivity index (χ2v) is 7.32. The predicted molar refractivity (Wildman–Crippen MR) is 104 cm³/mol. The molecule has 1 aromatic heterocycles. The summed E-state index contributed by atoms with van der Waals surface area (Å²) in [5.74, 6) is 0.965. The summed E-state index contributed by atoms with van der Waals surface area (Å²) in [7, 11) is 3.14. The monoisotopic (exact) mass is 427 g/mol. The highest BCUT2D eigenvalue weighted by Gasteiger charge is 2.30. The van der Waals surface area contributed by atoms with Gasteiger partial charge in [-0.15, -0.1) is 0 Å². The van der Waals surface area contributed by atoms with Gasteiger partial charge in [0, 0.05) is 12.0 Å². The normalized spacial score (nSPS) is 14.4. The van der Waals surface area contributed by atoms with E-state index in [9.17, 15) is 4.79 Å². The van der Waals surface area contributed by atoms with Crippen LogP contribution in [-0.2, 0) is 16.0 Å². The van der Waals surface area contributed by atoms with Crippen molar-refractivity contribution >= 4 is 29.2 Å². The molecule has 0 saturated heterocycles. The lowest BCUT2D eigenvalue weighted by Crippen LogP contribution is -2.26. The molecule has 0 unspecified atom stereocenters. The van der Waals surface area contributed by atoms with Gasteiger partial charge in [0.15, 0.2) is 23.9 Å². The molecule has 8 heteroatoms. The summed E-state index contributed by atoms with van der Waals surface area (Å²) < 4.78 is 16.5. The summed E-state index contributed by atoms with van der Waals surface area (Å²) in [4.78, 5) is 15.4. The lowest BCUT2D eigenvalue weighted by Gasteiger charge is -2.27. The van der Waals surface area contributed by atoms with Crippen molar-refractivity contribution in [2.24, 2.45) is 5.92 Å². The molecule has 0 bridgehead atoms. The van der Waals surface area contributed by atoms with E-state index >= 15 is 0 Å². The molecule has 1 atom stereocenters. The van der Waals surface area contributed by atoms with Gasteiger partial charge in [0.25, 0.3) is 0 Å². The Labute approximate surface area is 174 Å². The molecular formula is C20H23Cl2NO5. The molecule has 0 amide bonds. The van der Waals surface area contributed by atoms with Gasteiger partial charge < -0.3 is 19.7 Å². The minimum absolute atomic E-state index is 0. The van der Waals surface area contributed by atoms with Gasteiger partial charge in [-0.1, -0.05) is 35.7 Å². The molecule has 1 aliphatic rings. The number of aromatic amines is 1. The van der Waals surface area contributed by atoms with Crippen molar-refractivity contribution in [1.29, 1.82) is 0 Å². The number of rotatable bonds is 7. The van der Waals surface area contributed by atoms with Crippen LogP contribution in [0.25, 0.3) is 0 Å². The molecule has 2 aromatic rings. The minimum atomic E-state index is -0.532. The van der Waals surface area contributed by atoms with E-state index in [2.05, 4.69) is 4.98 Å². The summed E-state index contributed by atoms with van der Waals surface area (Å²) in [6, 6.07) is 5.46. The summed E-state index contributed by atoms with van der Waals surface area (Å²) in [5, 5.41) is 0.986. The summed E-state index contributed by atoms with van der Waals surface area (Å²) >= 11 is 12.6. The highest BCUT2D eigenvalue weighted by molar-refractivity contribution is 6.35. The van der Waals surface area contributed by atoms with Crippen LogP contribution in [0.15, 0.2) is 30.6 Å². The van der Waals surface area contributed by atoms with Gasteiger partial charge in [0.2, 0.25) is 0 Å². The van der Waals surface area contributed by atoms with Crippen molar-refractivity contribution in [3.63, 3.8) is 0 Å². The van der Waals surface area contributed by atoms with Crippen molar-refractivity contribution in [3.05, 3.63) is 51.8 Å². The molecular weight excluding hydrogens is 405 g/mol. The van der Waals surface area contributed by atoms with Crippen LogP contribution in [0.5, 0.6) is 11.5 Å². The summed E-state index contributed by atoms with van der Waals surface area (Å²) in [6.45, 7) is 0. The van der Waals surface area contributed by atoms with E-state index in [0.717, 1.165) is 30.4 Å². The number of benzene rings is 1. The number of ether oxygens (including phenoxy) is 3. The van der Waals surface area contributed by atoms with Crippen LogP contribution < -0.4 is 14.5 Å². The molecule has 0 radical (unpaired) electrons.